The van der Waals surface area contributed by atoms with Crippen LogP contribution in [0.3, 0.4) is 0 Å². The fourth-order valence-corrected chi connectivity index (χ4v) is 3.56. The summed E-state index contributed by atoms with van der Waals surface area (Å²) in [6.45, 7) is 0.527. The molecular weight excluding hydrogens is 424 g/mol. The van der Waals surface area contributed by atoms with Crippen LogP contribution in [0, 0.1) is 10.1 Å². The van der Waals surface area contributed by atoms with Crippen LogP contribution in [-0.2, 0) is 11.2 Å². The molecule has 168 valence electrons. The van der Waals surface area contributed by atoms with Crippen LogP contribution >= 0.6 is 0 Å². The highest BCUT2D eigenvalue weighted by molar-refractivity contribution is 5.99. The lowest BCUT2D eigenvalue weighted by Gasteiger charge is -2.16. The number of rotatable bonds is 6. The topological polar surface area (TPSA) is 122 Å². The molecule has 2 N–H and O–H groups in total. The molecule has 33 heavy (non-hydrogen) atoms. The van der Waals surface area contributed by atoms with Crippen LogP contribution in [0.25, 0.3) is 16.8 Å². The number of carbonyl (C=O) groups is 2. The summed E-state index contributed by atoms with van der Waals surface area (Å²) >= 11 is 0. The Bertz CT molecular complexity index is 1280. The van der Waals surface area contributed by atoms with Crippen LogP contribution in [0.1, 0.15) is 15.9 Å². The smallest absolute Gasteiger partial charge is 0.383 e. The van der Waals surface area contributed by atoms with Gasteiger partial charge in [-0.15, -0.1) is 4.68 Å². The van der Waals surface area contributed by atoms with Gasteiger partial charge in [0.15, 0.2) is 0 Å². The molecular formula is C23H22N6O4. The van der Waals surface area contributed by atoms with Crippen LogP contribution in [0.5, 0.6) is 0 Å². The van der Waals surface area contributed by atoms with Crippen molar-refractivity contribution in [1.82, 2.24) is 20.0 Å². The van der Waals surface area contributed by atoms with E-state index < -0.39 is 4.92 Å². The van der Waals surface area contributed by atoms with E-state index in [0.717, 1.165) is 5.56 Å². The van der Waals surface area contributed by atoms with Gasteiger partial charge >= 0.3 is 5.82 Å². The summed E-state index contributed by atoms with van der Waals surface area (Å²) < 4.78 is 1.41. The Balaban J connectivity index is 1.67. The summed E-state index contributed by atoms with van der Waals surface area (Å²) in [7, 11) is 3.62. The molecule has 0 saturated heterocycles. The number of nitrogens with zero attached hydrogens (tertiary/aromatic N) is 4. The van der Waals surface area contributed by atoms with Gasteiger partial charge in [0, 0.05) is 44.2 Å². The molecule has 2 heterocycles. The molecule has 0 radical (unpaired) electrons. The van der Waals surface area contributed by atoms with Crippen molar-refractivity contribution in [2.24, 2.45) is 0 Å². The molecule has 10 heteroatoms. The number of anilines is 1. The molecule has 1 aromatic heterocycles. The average molecular weight is 446 g/mol. The van der Waals surface area contributed by atoms with Gasteiger partial charge in [0.1, 0.15) is 5.56 Å². The zero-order valence-corrected chi connectivity index (χ0v) is 18.1. The number of nitrogens with one attached hydrogen (secondary N) is 2. The zero-order valence-electron chi connectivity index (χ0n) is 18.1. The number of fused-ring (bicyclic) bond motifs is 1. The van der Waals surface area contributed by atoms with Gasteiger partial charge in [-0.2, -0.15) is 0 Å². The van der Waals surface area contributed by atoms with E-state index in [1.807, 2.05) is 14.1 Å². The standard InChI is InChI=1S/C23H22N6O4/c1-27(2)11-9-21(30)25-17-4-3-5-18(13-17)28-14-20(22(26-28)29(32)33)15-6-7-19-16(12-15)8-10-24-23(19)31/h3-7,9,11-14H,8,10H2,1-2H3,(H,24,31)(H,25,30)/b11-9+. The fourth-order valence-electron chi connectivity index (χ4n) is 3.56. The Morgan fingerprint density at radius 2 is 2.06 bits per heavy atom. The average Bonchev–Trinajstić information content (AvgIpc) is 3.24. The maximum atomic E-state index is 12.1. The highest BCUT2D eigenvalue weighted by atomic mass is 16.6. The van der Waals surface area contributed by atoms with E-state index >= 15 is 0 Å². The van der Waals surface area contributed by atoms with Crippen molar-refractivity contribution in [3.8, 4) is 16.8 Å². The van der Waals surface area contributed by atoms with Crippen molar-refractivity contribution in [1.29, 1.82) is 0 Å². The molecule has 1 aliphatic rings. The molecule has 0 fully saturated rings. The van der Waals surface area contributed by atoms with Crippen molar-refractivity contribution in [2.75, 3.05) is 26.0 Å². The number of nitro groups is 1. The van der Waals surface area contributed by atoms with Crippen LogP contribution in [0.15, 0.2) is 60.9 Å². The maximum Gasteiger partial charge on any atom is 0.398 e. The second kappa shape index (κ2) is 8.95. The predicted octanol–water partition coefficient (Wildman–Crippen LogP) is 2.75. The first-order valence-corrected chi connectivity index (χ1v) is 10.2. The van der Waals surface area contributed by atoms with E-state index in [0.29, 0.717) is 41.0 Å². The lowest BCUT2D eigenvalue weighted by molar-refractivity contribution is -0.389. The van der Waals surface area contributed by atoms with Gasteiger partial charge < -0.3 is 25.6 Å². The third kappa shape index (κ3) is 4.74. The van der Waals surface area contributed by atoms with Gasteiger partial charge in [-0.3, -0.25) is 9.59 Å². The molecule has 2 aromatic carbocycles. The normalized spacial score (nSPS) is 12.8. The van der Waals surface area contributed by atoms with Gasteiger partial charge in [-0.25, -0.2) is 0 Å². The number of aromatic nitrogens is 2. The molecule has 0 unspecified atom stereocenters. The molecule has 0 bridgehead atoms. The van der Waals surface area contributed by atoms with Gasteiger partial charge in [-0.05, 0) is 52.8 Å². The summed E-state index contributed by atoms with van der Waals surface area (Å²) in [5.74, 6) is -0.739. The number of amides is 2. The van der Waals surface area contributed by atoms with Gasteiger partial charge in [0.2, 0.25) is 5.91 Å². The number of hydrogen-bond acceptors (Lipinski definition) is 6. The van der Waals surface area contributed by atoms with Crippen LogP contribution in [-0.4, -0.2) is 52.1 Å². The van der Waals surface area contributed by atoms with Gasteiger partial charge in [0.05, 0.1) is 17.0 Å². The minimum Gasteiger partial charge on any atom is -0.383 e. The Kier molecular flexibility index (Phi) is 5.90. The first kappa shape index (κ1) is 21.8. The highest BCUT2D eigenvalue weighted by Gasteiger charge is 2.25. The minimum absolute atomic E-state index is 0.146. The second-order valence-corrected chi connectivity index (χ2v) is 7.76. The van der Waals surface area contributed by atoms with Crippen molar-refractivity contribution in [3.63, 3.8) is 0 Å². The van der Waals surface area contributed by atoms with E-state index in [-0.39, 0.29) is 17.6 Å². The zero-order chi connectivity index (χ0) is 23.5. The largest absolute Gasteiger partial charge is 0.398 e. The van der Waals surface area contributed by atoms with Crippen LogP contribution in [0.2, 0.25) is 0 Å². The van der Waals surface area contributed by atoms with E-state index in [1.165, 1.54) is 10.8 Å². The molecule has 0 aliphatic carbocycles. The summed E-state index contributed by atoms with van der Waals surface area (Å²) in [5, 5.41) is 21.4. The first-order valence-electron chi connectivity index (χ1n) is 10.2. The lowest BCUT2D eigenvalue weighted by Crippen LogP contribution is -2.31. The summed E-state index contributed by atoms with van der Waals surface area (Å²) in [6, 6.07) is 12.0. The molecule has 4 rings (SSSR count). The van der Waals surface area contributed by atoms with Crippen LogP contribution in [0.4, 0.5) is 11.5 Å². The maximum absolute atomic E-state index is 12.1. The summed E-state index contributed by atoms with van der Waals surface area (Å²) in [4.78, 5) is 37.0. The van der Waals surface area contributed by atoms with E-state index in [2.05, 4.69) is 15.7 Å². The van der Waals surface area contributed by atoms with E-state index in [4.69, 9.17) is 0 Å². The Morgan fingerprint density at radius 3 is 2.82 bits per heavy atom. The third-order valence-corrected chi connectivity index (χ3v) is 5.11. The lowest BCUT2D eigenvalue weighted by atomic mass is 9.96. The van der Waals surface area contributed by atoms with E-state index in [1.54, 1.807) is 59.8 Å². The summed E-state index contributed by atoms with van der Waals surface area (Å²) in [6.07, 6.45) is 5.26. The number of hydrogen-bond donors (Lipinski definition) is 2. The molecule has 0 spiro atoms. The molecule has 2 amide bonds. The predicted molar refractivity (Wildman–Crippen MR) is 123 cm³/mol. The Labute approximate surface area is 189 Å². The third-order valence-electron chi connectivity index (χ3n) is 5.11. The Morgan fingerprint density at radius 1 is 1.24 bits per heavy atom. The monoisotopic (exact) mass is 446 g/mol. The van der Waals surface area contributed by atoms with Crippen molar-refractivity contribution in [3.05, 3.63) is 82.2 Å². The highest BCUT2D eigenvalue weighted by Crippen LogP contribution is 2.32. The van der Waals surface area contributed by atoms with Gasteiger partial charge in [0.25, 0.3) is 5.91 Å². The molecule has 0 saturated carbocycles. The second-order valence-electron chi connectivity index (χ2n) is 7.76. The van der Waals surface area contributed by atoms with Crippen molar-refractivity contribution in [2.45, 2.75) is 6.42 Å². The minimum atomic E-state index is -0.532. The van der Waals surface area contributed by atoms with Gasteiger partial charge in [-0.1, -0.05) is 12.1 Å². The SMILES string of the molecule is CN(C)/C=C/C(=O)Nc1cccc(-n2cc(-c3ccc4c(c3)CCNC4=O)c([N+](=O)[O-])n2)c1. The Hall–Kier alpha value is -4.47. The van der Waals surface area contributed by atoms with Crippen molar-refractivity contribution < 1.29 is 14.5 Å². The number of carbonyl (C=O) groups excluding carboxylic acids is 2. The fraction of sp³-hybridized carbons (Fsp3) is 0.174. The molecule has 3 aromatic rings. The number of benzene rings is 2. The van der Waals surface area contributed by atoms with Crippen LogP contribution < -0.4 is 10.6 Å². The molecule has 0 atom stereocenters. The van der Waals surface area contributed by atoms with Crippen molar-refractivity contribution >= 4 is 23.3 Å². The molecule has 10 nitrogen and oxygen atoms in total. The van der Waals surface area contributed by atoms with E-state index in [9.17, 15) is 19.7 Å². The quantitative estimate of drug-likeness (QED) is 0.341. The summed E-state index contributed by atoms with van der Waals surface area (Å²) in [5.41, 5.74) is 3.45. The first-order chi connectivity index (χ1) is 15.8. The molecule has 1 aliphatic heterocycles.